The second-order valence-electron chi connectivity index (χ2n) is 5.43. The van der Waals surface area contributed by atoms with Crippen molar-refractivity contribution in [3.63, 3.8) is 0 Å². The van der Waals surface area contributed by atoms with E-state index in [-0.39, 0.29) is 10.7 Å². The van der Waals surface area contributed by atoms with Crippen LogP contribution in [0.5, 0.6) is 0 Å². The minimum Gasteiger partial charge on any atom is -0.340 e. The number of hydrogen-bond donors (Lipinski definition) is 2. The molecule has 0 radical (unpaired) electrons. The third kappa shape index (κ3) is 2.52. The maximum atomic E-state index is 10.9. The largest absolute Gasteiger partial charge is 0.340 e. The molecule has 3 rings (SSSR count). The highest BCUT2D eigenvalue weighted by molar-refractivity contribution is 6.32. The van der Waals surface area contributed by atoms with E-state index in [1.54, 1.807) is 12.3 Å². The zero-order valence-electron chi connectivity index (χ0n) is 11.3. The van der Waals surface area contributed by atoms with Gasteiger partial charge >= 0.3 is 0 Å². The summed E-state index contributed by atoms with van der Waals surface area (Å²) in [4.78, 5) is 18.0. The first kappa shape index (κ1) is 14.0. The molecular formula is C14H15ClN4O2. The van der Waals surface area contributed by atoms with Crippen LogP contribution >= 0.6 is 11.6 Å². The Bertz CT molecular complexity index is 692. The Balaban J connectivity index is 1.97. The van der Waals surface area contributed by atoms with E-state index < -0.39 is 10.5 Å². The summed E-state index contributed by atoms with van der Waals surface area (Å²) >= 11 is 5.82. The lowest BCUT2D eigenvalue weighted by atomic mass is 9.99. The maximum Gasteiger partial charge on any atom is 0.288 e. The third-order valence-corrected chi connectivity index (χ3v) is 4.32. The second-order valence-corrected chi connectivity index (χ2v) is 5.84. The number of rotatable bonds is 3. The number of nitro groups is 1. The molecule has 110 valence electrons. The van der Waals surface area contributed by atoms with E-state index in [0.29, 0.717) is 11.3 Å². The molecule has 0 bridgehead atoms. The lowest BCUT2D eigenvalue weighted by molar-refractivity contribution is -0.384. The molecule has 1 aliphatic rings. The molecule has 2 aromatic rings. The molecule has 1 aromatic carbocycles. The van der Waals surface area contributed by atoms with E-state index in [0.717, 1.165) is 31.5 Å². The van der Waals surface area contributed by atoms with Crippen molar-refractivity contribution >= 4 is 17.3 Å². The number of nitrogens with one attached hydrogen (secondary N) is 1. The molecule has 1 heterocycles. The van der Waals surface area contributed by atoms with Crippen molar-refractivity contribution in [1.82, 2.24) is 9.97 Å². The minimum atomic E-state index is -0.496. The molecule has 7 heteroatoms. The first-order valence-electron chi connectivity index (χ1n) is 6.78. The average molecular weight is 307 g/mol. The Kier molecular flexibility index (Phi) is 3.43. The van der Waals surface area contributed by atoms with Crippen molar-refractivity contribution in [3.8, 4) is 11.3 Å². The topological polar surface area (TPSA) is 97.8 Å². The van der Waals surface area contributed by atoms with Crippen molar-refractivity contribution in [2.75, 3.05) is 0 Å². The SMILES string of the molecule is NC1(c2ncc(-c3ccc(Cl)c([N+](=O)[O-])c3)[nH]2)CCCC1. The predicted molar refractivity (Wildman–Crippen MR) is 80.0 cm³/mol. The third-order valence-electron chi connectivity index (χ3n) is 4.00. The minimum absolute atomic E-state index is 0.117. The van der Waals surface area contributed by atoms with Crippen LogP contribution in [-0.4, -0.2) is 14.9 Å². The van der Waals surface area contributed by atoms with Crippen molar-refractivity contribution in [2.45, 2.75) is 31.2 Å². The Morgan fingerprint density at radius 2 is 2.10 bits per heavy atom. The highest BCUT2D eigenvalue weighted by atomic mass is 35.5. The second kappa shape index (κ2) is 5.13. The molecule has 1 fully saturated rings. The van der Waals surface area contributed by atoms with E-state index in [2.05, 4.69) is 9.97 Å². The van der Waals surface area contributed by atoms with Gasteiger partial charge in [-0.3, -0.25) is 10.1 Å². The Morgan fingerprint density at radius 3 is 2.76 bits per heavy atom. The number of aromatic nitrogens is 2. The number of H-pyrrole nitrogens is 1. The smallest absolute Gasteiger partial charge is 0.288 e. The fraction of sp³-hybridized carbons (Fsp3) is 0.357. The van der Waals surface area contributed by atoms with Crippen molar-refractivity contribution < 1.29 is 4.92 Å². The highest BCUT2D eigenvalue weighted by Crippen LogP contribution is 2.36. The number of nitrogens with two attached hydrogens (primary N) is 1. The summed E-state index contributed by atoms with van der Waals surface area (Å²) in [7, 11) is 0. The standard InChI is InChI=1S/C14H15ClN4O2/c15-10-4-3-9(7-12(10)19(20)21)11-8-17-13(18-11)14(16)5-1-2-6-14/h3-4,7-8H,1-2,5-6,16H2,(H,17,18). The van der Waals surface area contributed by atoms with Crippen LogP contribution in [0.2, 0.25) is 5.02 Å². The Morgan fingerprint density at radius 1 is 1.38 bits per heavy atom. The van der Waals surface area contributed by atoms with Gasteiger partial charge in [-0.15, -0.1) is 0 Å². The van der Waals surface area contributed by atoms with Gasteiger partial charge in [0.05, 0.1) is 22.4 Å². The summed E-state index contributed by atoms with van der Waals surface area (Å²) in [5, 5.41) is 11.1. The van der Waals surface area contributed by atoms with E-state index in [1.165, 1.54) is 12.1 Å². The van der Waals surface area contributed by atoms with Crippen LogP contribution in [-0.2, 0) is 5.54 Å². The van der Waals surface area contributed by atoms with E-state index in [9.17, 15) is 10.1 Å². The summed E-state index contributed by atoms with van der Waals surface area (Å²) in [6.07, 6.45) is 5.66. The van der Waals surface area contributed by atoms with Crippen LogP contribution in [0.15, 0.2) is 24.4 Å². The van der Waals surface area contributed by atoms with Gasteiger partial charge in [0.2, 0.25) is 0 Å². The van der Waals surface area contributed by atoms with Crippen LogP contribution in [0.3, 0.4) is 0 Å². The monoisotopic (exact) mass is 306 g/mol. The molecule has 1 aromatic heterocycles. The molecule has 6 nitrogen and oxygen atoms in total. The summed E-state index contributed by atoms with van der Waals surface area (Å²) in [5.41, 5.74) is 7.21. The number of hydrogen-bond acceptors (Lipinski definition) is 4. The predicted octanol–water partition coefficient (Wildman–Crippen LogP) is 3.37. The van der Waals surface area contributed by atoms with Gasteiger partial charge in [0, 0.05) is 11.6 Å². The van der Waals surface area contributed by atoms with Crippen LogP contribution < -0.4 is 5.73 Å². The number of aromatic amines is 1. The van der Waals surface area contributed by atoms with Crippen LogP contribution in [0.1, 0.15) is 31.5 Å². The maximum absolute atomic E-state index is 10.9. The van der Waals surface area contributed by atoms with E-state index in [1.807, 2.05) is 0 Å². The fourth-order valence-electron chi connectivity index (χ4n) is 2.78. The summed E-state index contributed by atoms with van der Waals surface area (Å²) in [6, 6.07) is 4.69. The molecule has 0 atom stereocenters. The van der Waals surface area contributed by atoms with Gasteiger partial charge in [-0.1, -0.05) is 30.5 Å². The van der Waals surface area contributed by atoms with Gasteiger partial charge in [0.25, 0.3) is 5.69 Å². The first-order valence-corrected chi connectivity index (χ1v) is 7.16. The lowest BCUT2D eigenvalue weighted by Gasteiger charge is -2.20. The molecule has 3 N–H and O–H groups in total. The van der Waals surface area contributed by atoms with Gasteiger partial charge in [-0.05, 0) is 18.9 Å². The number of imidazole rings is 1. The number of halogens is 1. The van der Waals surface area contributed by atoms with Gasteiger partial charge in [0.15, 0.2) is 0 Å². The van der Waals surface area contributed by atoms with E-state index >= 15 is 0 Å². The molecule has 0 unspecified atom stereocenters. The number of nitrogens with zero attached hydrogens (tertiary/aromatic N) is 2. The zero-order chi connectivity index (χ0) is 15.0. The van der Waals surface area contributed by atoms with Crippen molar-refractivity contribution in [3.05, 3.63) is 45.4 Å². The summed E-state index contributed by atoms with van der Waals surface area (Å²) in [5.74, 6) is 0.743. The first-order chi connectivity index (χ1) is 9.99. The molecule has 21 heavy (non-hydrogen) atoms. The van der Waals surface area contributed by atoms with Gasteiger partial charge in [-0.25, -0.2) is 4.98 Å². The van der Waals surface area contributed by atoms with Gasteiger partial charge in [-0.2, -0.15) is 0 Å². The van der Waals surface area contributed by atoms with E-state index in [4.69, 9.17) is 17.3 Å². The quantitative estimate of drug-likeness (QED) is 0.671. The van der Waals surface area contributed by atoms with Gasteiger partial charge < -0.3 is 10.7 Å². The molecule has 0 spiro atoms. The summed E-state index contributed by atoms with van der Waals surface area (Å²) < 4.78 is 0. The normalized spacial score (nSPS) is 17.0. The average Bonchev–Trinajstić information content (AvgIpc) is 3.08. The molecule has 1 aliphatic carbocycles. The number of benzene rings is 1. The zero-order valence-corrected chi connectivity index (χ0v) is 12.1. The molecule has 0 aliphatic heterocycles. The summed E-state index contributed by atoms with van der Waals surface area (Å²) in [6.45, 7) is 0. The molecular weight excluding hydrogens is 292 g/mol. The lowest BCUT2D eigenvalue weighted by Crippen LogP contribution is -2.34. The van der Waals surface area contributed by atoms with Crippen LogP contribution in [0, 0.1) is 10.1 Å². The van der Waals surface area contributed by atoms with Crippen LogP contribution in [0.4, 0.5) is 5.69 Å². The van der Waals surface area contributed by atoms with Crippen LogP contribution in [0.25, 0.3) is 11.3 Å². The molecule has 0 amide bonds. The van der Waals surface area contributed by atoms with Crippen molar-refractivity contribution in [2.24, 2.45) is 5.73 Å². The molecule has 1 saturated carbocycles. The Hall–Kier alpha value is -1.92. The van der Waals surface area contributed by atoms with Crippen molar-refractivity contribution in [1.29, 1.82) is 0 Å². The van der Waals surface area contributed by atoms with Gasteiger partial charge in [0.1, 0.15) is 10.8 Å². The Labute approximate surface area is 126 Å². The highest BCUT2D eigenvalue weighted by Gasteiger charge is 2.34. The fourth-order valence-corrected chi connectivity index (χ4v) is 2.97. The molecule has 0 saturated heterocycles. The number of nitro benzene ring substituents is 1.